The third-order valence-corrected chi connectivity index (χ3v) is 9.37. The molecule has 0 aliphatic carbocycles. The van der Waals surface area contributed by atoms with Crippen LogP contribution in [0.2, 0.25) is 0 Å². The summed E-state index contributed by atoms with van der Waals surface area (Å²) in [6.07, 6.45) is -2.43. The van der Waals surface area contributed by atoms with Gasteiger partial charge in [-0.05, 0) is 110 Å². The Morgan fingerprint density at radius 2 is 1.60 bits per heavy atom. The number of ether oxygens (including phenoxy) is 2. The molecular weight excluding hydrogens is 615 g/mol. The van der Waals surface area contributed by atoms with E-state index in [9.17, 15) is 4.79 Å². The second kappa shape index (κ2) is 12.7. The quantitative estimate of drug-likeness (QED) is 0.235. The Morgan fingerprint density at radius 3 is 2.17 bits per heavy atom. The normalized spacial score (nSPS) is 22.7. The molecule has 256 valence electrons. The molecule has 3 saturated heterocycles. The summed E-state index contributed by atoms with van der Waals surface area (Å²) in [5.74, 6) is -1.59. The first kappa shape index (κ1) is 28.7. The number of hydrogen-bond donors (Lipinski definition) is 0. The zero-order valence-corrected chi connectivity index (χ0v) is 27.9. The highest BCUT2D eigenvalue weighted by atomic mass is 19.4. The lowest BCUT2D eigenvalue weighted by Crippen LogP contribution is -2.51. The molecule has 3 fully saturated rings. The summed E-state index contributed by atoms with van der Waals surface area (Å²) in [5, 5.41) is 0. The molecule has 0 N–H and O–H groups in total. The van der Waals surface area contributed by atoms with Crippen LogP contribution in [0, 0.1) is 5.41 Å². The monoisotopic (exact) mass is 665 g/mol. The molecule has 3 heterocycles. The van der Waals surface area contributed by atoms with E-state index in [1.165, 1.54) is 6.07 Å². The molecule has 2 aromatic carbocycles. The standard InChI is InChI=1S/C35H45BF4N2O5/c1-31(2,3)45-30(43)41-20-17-34(18-21-41)16-11-19-42(23-34)29-24(22-27(37)36-46-32(4,5)33(6,7)47-36)14-15-26(28(29)35(38,39)40)44-25-12-9-8-10-13-25/h8-10,12-15,22H,11,16-21,23H2,1-7H3/b27-22-/i8D,9D,10D,12D,13D. The van der Waals surface area contributed by atoms with Crippen molar-refractivity contribution in [3.8, 4) is 11.5 Å². The van der Waals surface area contributed by atoms with E-state index in [0.717, 1.165) is 12.1 Å². The molecule has 0 saturated carbocycles. The molecule has 3 aliphatic rings. The number of para-hydroxylation sites is 1. The third kappa shape index (κ3) is 7.75. The van der Waals surface area contributed by atoms with Crippen molar-refractivity contribution in [1.82, 2.24) is 4.90 Å². The van der Waals surface area contributed by atoms with Crippen LogP contribution >= 0.6 is 0 Å². The highest BCUT2D eigenvalue weighted by molar-refractivity contribution is 6.54. The summed E-state index contributed by atoms with van der Waals surface area (Å²) in [6, 6.07) is -1.71. The van der Waals surface area contributed by atoms with Crippen molar-refractivity contribution in [2.45, 2.75) is 97.1 Å². The fraction of sp³-hybridized carbons (Fsp3) is 0.571. The molecule has 0 atom stereocenters. The predicted octanol–water partition coefficient (Wildman–Crippen LogP) is 9.06. The van der Waals surface area contributed by atoms with Gasteiger partial charge in [0.1, 0.15) is 28.4 Å². The average molecular weight is 666 g/mol. The Hall–Kier alpha value is -3.25. The summed E-state index contributed by atoms with van der Waals surface area (Å²) in [4.78, 5) is 15.9. The topological polar surface area (TPSA) is 60.5 Å². The summed E-state index contributed by atoms with van der Waals surface area (Å²) < 4.78 is 125. The third-order valence-electron chi connectivity index (χ3n) is 9.37. The molecular formula is C35H45BF4N2O5. The molecule has 0 aromatic heterocycles. The SMILES string of the molecule is [2H]c1c([2H])c([2H])c(Oc2ccc(/C=C(\F)B3OC(C)(C)C(C)(C)O3)c(N3CCCC4(CCN(C(=O)OC(C)(C)C)CC4)C3)c2C(F)(F)F)c([2H])c1[2H]. The number of likely N-dealkylation sites (tertiary alicyclic amines) is 1. The minimum atomic E-state index is -5.10. The van der Waals surface area contributed by atoms with Gasteiger partial charge in [0, 0.05) is 31.7 Å². The molecule has 1 spiro atoms. The van der Waals surface area contributed by atoms with E-state index in [1.54, 1.807) is 58.3 Å². The fourth-order valence-corrected chi connectivity index (χ4v) is 6.27. The van der Waals surface area contributed by atoms with Crippen LogP contribution < -0.4 is 9.64 Å². The van der Waals surface area contributed by atoms with Crippen molar-refractivity contribution in [3.63, 3.8) is 0 Å². The van der Waals surface area contributed by atoms with Gasteiger partial charge in [0.15, 0.2) is 0 Å². The predicted molar refractivity (Wildman–Crippen MR) is 174 cm³/mol. The molecule has 3 aliphatic heterocycles. The van der Waals surface area contributed by atoms with Crippen LogP contribution in [0.1, 0.15) is 92.1 Å². The number of benzene rings is 2. The maximum Gasteiger partial charge on any atom is 0.525 e. The molecule has 1 amide bonds. The zero-order valence-electron chi connectivity index (χ0n) is 32.9. The number of halogens is 4. The van der Waals surface area contributed by atoms with E-state index < -0.39 is 100 Å². The van der Waals surface area contributed by atoms with Gasteiger partial charge in [-0.2, -0.15) is 13.2 Å². The van der Waals surface area contributed by atoms with Crippen LogP contribution in [-0.4, -0.2) is 61.1 Å². The average Bonchev–Trinajstić information content (AvgIpc) is 3.26. The van der Waals surface area contributed by atoms with E-state index in [0.29, 0.717) is 38.8 Å². The first-order valence-electron chi connectivity index (χ1n) is 18.3. The van der Waals surface area contributed by atoms with Gasteiger partial charge in [0.25, 0.3) is 0 Å². The number of piperidine rings is 2. The summed E-state index contributed by atoms with van der Waals surface area (Å²) >= 11 is 0. The molecule has 2 aromatic rings. The molecule has 0 unspecified atom stereocenters. The Morgan fingerprint density at radius 1 is 0.979 bits per heavy atom. The van der Waals surface area contributed by atoms with Gasteiger partial charge in [-0.15, -0.1) is 0 Å². The number of amides is 1. The van der Waals surface area contributed by atoms with Crippen molar-refractivity contribution in [1.29, 1.82) is 0 Å². The number of rotatable bonds is 5. The Kier molecular flexibility index (Phi) is 7.74. The van der Waals surface area contributed by atoms with Crippen molar-refractivity contribution < 1.29 is 48.0 Å². The van der Waals surface area contributed by atoms with E-state index in [-0.39, 0.29) is 18.7 Å². The van der Waals surface area contributed by atoms with Crippen LogP contribution in [0.15, 0.2) is 48.1 Å². The van der Waals surface area contributed by atoms with Gasteiger partial charge >= 0.3 is 19.4 Å². The van der Waals surface area contributed by atoms with Crippen LogP contribution in [0.4, 0.5) is 28.0 Å². The number of nitrogens with zero attached hydrogens (tertiary/aromatic N) is 2. The summed E-state index contributed by atoms with van der Waals surface area (Å²) in [7, 11) is -1.49. The molecule has 47 heavy (non-hydrogen) atoms. The number of alkyl halides is 3. The highest BCUT2D eigenvalue weighted by Crippen LogP contribution is 2.50. The lowest BCUT2D eigenvalue weighted by Gasteiger charge is -2.49. The fourth-order valence-electron chi connectivity index (χ4n) is 6.27. The molecule has 7 nitrogen and oxygen atoms in total. The van der Waals surface area contributed by atoms with Gasteiger partial charge in [0.05, 0.1) is 23.7 Å². The molecule has 0 bridgehead atoms. The van der Waals surface area contributed by atoms with E-state index in [1.807, 2.05) is 0 Å². The Labute approximate surface area is 282 Å². The lowest BCUT2D eigenvalue weighted by molar-refractivity contribution is -0.138. The number of carbonyl (C=O) groups is 1. The maximum atomic E-state index is 16.0. The lowest BCUT2D eigenvalue weighted by atomic mass is 9.72. The van der Waals surface area contributed by atoms with Crippen LogP contribution in [0.3, 0.4) is 0 Å². The van der Waals surface area contributed by atoms with E-state index in [4.69, 9.17) is 25.6 Å². The minimum Gasteiger partial charge on any atom is -0.457 e. The van der Waals surface area contributed by atoms with Gasteiger partial charge in [-0.1, -0.05) is 18.1 Å². The molecule has 5 rings (SSSR count). The van der Waals surface area contributed by atoms with Gasteiger partial charge in [-0.25, -0.2) is 9.18 Å². The summed E-state index contributed by atoms with van der Waals surface area (Å²) in [5.41, 5.74) is -5.79. The van der Waals surface area contributed by atoms with Crippen LogP contribution in [-0.2, 0) is 20.2 Å². The van der Waals surface area contributed by atoms with Gasteiger partial charge in [0.2, 0.25) is 0 Å². The minimum absolute atomic E-state index is 0.142. The smallest absolute Gasteiger partial charge is 0.457 e. The van der Waals surface area contributed by atoms with Crippen LogP contribution in [0.25, 0.3) is 6.08 Å². The molecule has 12 heteroatoms. The van der Waals surface area contributed by atoms with Crippen LogP contribution in [0.5, 0.6) is 11.5 Å². The van der Waals surface area contributed by atoms with Crippen molar-refractivity contribution in [3.05, 3.63) is 59.2 Å². The van der Waals surface area contributed by atoms with Gasteiger partial charge in [-0.3, -0.25) is 0 Å². The largest absolute Gasteiger partial charge is 0.525 e. The first-order valence-corrected chi connectivity index (χ1v) is 15.8. The molecule has 0 radical (unpaired) electrons. The van der Waals surface area contributed by atoms with Gasteiger partial charge < -0.3 is 28.6 Å². The first-order chi connectivity index (χ1) is 23.9. The van der Waals surface area contributed by atoms with Crippen molar-refractivity contribution in [2.75, 3.05) is 31.1 Å². The second-order valence-corrected chi connectivity index (χ2v) is 14.5. The van der Waals surface area contributed by atoms with Crippen molar-refractivity contribution in [2.24, 2.45) is 5.41 Å². The van der Waals surface area contributed by atoms with E-state index >= 15 is 17.6 Å². The number of carbonyl (C=O) groups excluding carboxylic acids is 1. The Balaban J connectivity index is 1.60. The summed E-state index contributed by atoms with van der Waals surface area (Å²) in [6.45, 7) is 13.2. The highest BCUT2D eigenvalue weighted by Gasteiger charge is 2.53. The van der Waals surface area contributed by atoms with Crippen molar-refractivity contribution >= 4 is 25.0 Å². The van der Waals surface area contributed by atoms with E-state index in [2.05, 4.69) is 0 Å². The number of hydrogen-bond acceptors (Lipinski definition) is 6. The Bertz CT molecular complexity index is 1720. The second-order valence-electron chi connectivity index (χ2n) is 14.5. The number of anilines is 1. The maximum absolute atomic E-state index is 16.0. The zero-order chi connectivity index (χ0) is 38.8.